The molecule has 2 heterocycles. The maximum atomic E-state index is 13.1. The summed E-state index contributed by atoms with van der Waals surface area (Å²) < 4.78 is 37.6. The molecule has 0 aliphatic carbocycles. The van der Waals surface area contributed by atoms with Crippen LogP contribution in [0.15, 0.2) is 18.5 Å². The standard InChI is InChI=1S/C14H22FN3O3S/c1-14(3-5-18(6-4-14)22(2,20)21)17-10-13(19)11-7-12(15)9-16-8-11/h7-9,13,17,19H,3-6,10H2,1-2H3/t13-/m0/s1. The van der Waals surface area contributed by atoms with Crippen molar-refractivity contribution in [2.24, 2.45) is 0 Å². The smallest absolute Gasteiger partial charge is 0.211 e. The number of β-amino-alcohol motifs (C(OH)–C–C–N with tert-alkyl or cyclic N) is 1. The first kappa shape index (κ1) is 17.3. The number of aliphatic hydroxyl groups is 1. The van der Waals surface area contributed by atoms with Crippen molar-refractivity contribution in [2.45, 2.75) is 31.4 Å². The van der Waals surface area contributed by atoms with E-state index in [9.17, 15) is 17.9 Å². The summed E-state index contributed by atoms with van der Waals surface area (Å²) >= 11 is 0. The Morgan fingerprint density at radius 3 is 2.64 bits per heavy atom. The molecule has 1 fully saturated rings. The molecule has 0 radical (unpaired) electrons. The molecule has 2 N–H and O–H groups in total. The van der Waals surface area contributed by atoms with Crippen LogP contribution in [-0.4, -0.2) is 54.2 Å². The van der Waals surface area contributed by atoms with Gasteiger partial charge in [-0.3, -0.25) is 4.98 Å². The van der Waals surface area contributed by atoms with Crippen LogP contribution in [0, 0.1) is 5.82 Å². The molecule has 22 heavy (non-hydrogen) atoms. The number of halogens is 1. The highest BCUT2D eigenvalue weighted by atomic mass is 32.2. The van der Waals surface area contributed by atoms with Crippen molar-refractivity contribution in [3.8, 4) is 0 Å². The van der Waals surface area contributed by atoms with Crippen LogP contribution in [0.4, 0.5) is 4.39 Å². The summed E-state index contributed by atoms with van der Waals surface area (Å²) in [5, 5.41) is 13.4. The zero-order chi connectivity index (χ0) is 16.4. The Morgan fingerprint density at radius 2 is 2.09 bits per heavy atom. The number of aliphatic hydroxyl groups excluding tert-OH is 1. The van der Waals surface area contributed by atoms with Crippen LogP contribution in [0.3, 0.4) is 0 Å². The highest BCUT2D eigenvalue weighted by molar-refractivity contribution is 7.88. The average Bonchev–Trinajstić information content (AvgIpc) is 2.44. The van der Waals surface area contributed by atoms with Crippen LogP contribution in [0.5, 0.6) is 0 Å². The monoisotopic (exact) mass is 331 g/mol. The van der Waals surface area contributed by atoms with E-state index in [0.29, 0.717) is 31.5 Å². The minimum atomic E-state index is -3.15. The van der Waals surface area contributed by atoms with E-state index in [1.807, 2.05) is 6.92 Å². The number of nitrogens with one attached hydrogen (secondary N) is 1. The van der Waals surface area contributed by atoms with E-state index in [-0.39, 0.29) is 12.1 Å². The van der Waals surface area contributed by atoms with Crippen LogP contribution in [0.25, 0.3) is 0 Å². The molecular formula is C14H22FN3O3S. The average molecular weight is 331 g/mol. The van der Waals surface area contributed by atoms with Gasteiger partial charge < -0.3 is 10.4 Å². The van der Waals surface area contributed by atoms with E-state index < -0.39 is 21.9 Å². The van der Waals surface area contributed by atoms with Crippen molar-refractivity contribution in [3.63, 3.8) is 0 Å². The second-order valence-electron chi connectivity index (χ2n) is 6.06. The molecule has 0 unspecified atom stereocenters. The maximum Gasteiger partial charge on any atom is 0.211 e. The van der Waals surface area contributed by atoms with Crippen LogP contribution >= 0.6 is 0 Å². The minimum absolute atomic E-state index is 0.247. The van der Waals surface area contributed by atoms with E-state index in [4.69, 9.17) is 0 Å². The molecule has 1 aliphatic heterocycles. The lowest BCUT2D eigenvalue weighted by Crippen LogP contribution is -2.53. The molecular weight excluding hydrogens is 309 g/mol. The maximum absolute atomic E-state index is 13.1. The van der Waals surface area contributed by atoms with Crippen LogP contribution in [0.1, 0.15) is 31.4 Å². The Morgan fingerprint density at radius 1 is 1.45 bits per heavy atom. The fraction of sp³-hybridized carbons (Fsp3) is 0.643. The van der Waals surface area contributed by atoms with Gasteiger partial charge in [-0.2, -0.15) is 0 Å². The number of nitrogens with zero attached hydrogens (tertiary/aromatic N) is 2. The normalized spacial score (nSPS) is 20.7. The Hall–Kier alpha value is -1.09. The van der Waals surface area contributed by atoms with Gasteiger partial charge in [0.2, 0.25) is 10.0 Å². The minimum Gasteiger partial charge on any atom is -0.387 e. The van der Waals surface area contributed by atoms with E-state index >= 15 is 0 Å². The molecule has 2 rings (SSSR count). The number of hydrogen-bond acceptors (Lipinski definition) is 5. The molecule has 0 aromatic carbocycles. The molecule has 124 valence electrons. The number of aromatic nitrogens is 1. The molecule has 0 bridgehead atoms. The van der Waals surface area contributed by atoms with Gasteiger partial charge >= 0.3 is 0 Å². The van der Waals surface area contributed by atoms with Crippen molar-refractivity contribution in [2.75, 3.05) is 25.9 Å². The number of hydrogen-bond donors (Lipinski definition) is 2. The summed E-state index contributed by atoms with van der Waals surface area (Å²) in [7, 11) is -3.15. The first-order valence-corrected chi connectivity index (χ1v) is 9.03. The topological polar surface area (TPSA) is 82.5 Å². The van der Waals surface area contributed by atoms with Crippen molar-refractivity contribution < 1.29 is 17.9 Å². The third-order valence-corrected chi connectivity index (χ3v) is 5.43. The Labute approximate surface area is 130 Å². The molecule has 1 aliphatic rings. The van der Waals surface area contributed by atoms with Gasteiger partial charge in [-0.25, -0.2) is 17.1 Å². The Kier molecular flexibility index (Phi) is 5.16. The van der Waals surface area contributed by atoms with Gasteiger partial charge in [-0.1, -0.05) is 0 Å². The second-order valence-corrected chi connectivity index (χ2v) is 8.04. The summed E-state index contributed by atoms with van der Waals surface area (Å²) in [6.07, 6.45) is 4.20. The molecule has 1 aromatic rings. The predicted molar refractivity (Wildman–Crippen MR) is 81.2 cm³/mol. The largest absolute Gasteiger partial charge is 0.387 e. The summed E-state index contributed by atoms with van der Waals surface area (Å²) in [5.41, 5.74) is 0.174. The Balaban J connectivity index is 1.89. The quantitative estimate of drug-likeness (QED) is 0.828. The van der Waals surface area contributed by atoms with Gasteiger partial charge in [0.15, 0.2) is 0 Å². The van der Waals surface area contributed by atoms with Crippen molar-refractivity contribution in [1.82, 2.24) is 14.6 Å². The number of sulfonamides is 1. The lowest BCUT2D eigenvalue weighted by atomic mass is 9.90. The highest BCUT2D eigenvalue weighted by Gasteiger charge is 2.33. The molecule has 1 saturated heterocycles. The van der Waals surface area contributed by atoms with Crippen molar-refractivity contribution in [3.05, 3.63) is 29.8 Å². The van der Waals surface area contributed by atoms with Crippen molar-refractivity contribution >= 4 is 10.0 Å². The molecule has 0 amide bonds. The van der Waals surface area contributed by atoms with E-state index in [1.54, 1.807) is 0 Å². The lowest BCUT2D eigenvalue weighted by molar-refractivity contribution is 0.138. The Bertz CT molecular complexity index is 616. The first-order chi connectivity index (χ1) is 10.2. The van der Waals surface area contributed by atoms with Crippen LogP contribution in [0.2, 0.25) is 0 Å². The van der Waals surface area contributed by atoms with Crippen LogP contribution in [-0.2, 0) is 10.0 Å². The lowest BCUT2D eigenvalue weighted by Gasteiger charge is -2.39. The number of pyridine rings is 1. The second kappa shape index (κ2) is 6.57. The van der Waals surface area contributed by atoms with Crippen LogP contribution < -0.4 is 5.32 Å². The van der Waals surface area contributed by atoms with Gasteiger partial charge in [-0.15, -0.1) is 0 Å². The fourth-order valence-corrected chi connectivity index (χ4v) is 3.41. The van der Waals surface area contributed by atoms with E-state index in [0.717, 1.165) is 6.20 Å². The third kappa shape index (κ3) is 4.45. The zero-order valence-electron chi connectivity index (χ0n) is 12.8. The zero-order valence-corrected chi connectivity index (χ0v) is 13.6. The summed E-state index contributed by atoms with van der Waals surface area (Å²) in [6, 6.07) is 1.26. The third-order valence-electron chi connectivity index (χ3n) is 4.13. The predicted octanol–water partition coefficient (Wildman–Crippen LogP) is 0.658. The number of rotatable bonds is 5. The molecule has 0 saturated carbocycles. The summed E-state index contributed by atoms with van der Waals surface area (Å²) in [5.74, 6) is -0.482. The van der Waals surface area contributed by atoms with Gasteiger partial charge in [0.1, 0.15) is 5.82 Å². The molecule has 8 heteroatoms. The molecule has 1 aromatic heterocycles. The molecule has 0 spiro atoms. The van der Waals surface area contributed by atoms with E-state index in [1.165, 1.54) is 22.8 Å². The van der Waals surface area contributed by atoms with Gasteiger partial charge in [0.05, 0.1) is 18.6 Å². The number of piperidine rings is 1. The van der Waals surface area contributed by atoms with Crippen molar-refractivity contribution in [1.29, 1.82) is 0 Å². The summed E-state index contributed by atoms with van der Waals surface area (Å²) in [6.45, 7) is 3.18. The van der Waals surface area contributed by atoms with Gasteiger partial charge in [0.25, 0.3) is 0 Å². The van der Waals surface area contributed by atoms with Gasteiger partial charge in [-0.05, 0) is 25.8 Å². The van der Waals surface area contributed by atoms with E-state index in [2.05, 4.69) is 10.3 Å². The fourth-order valence-electron chi connectivity index (χ4n) is 2.56. The van der Waals surface area contributed by atoms with Gasteiger partial charge in [0, 0.05) is 36.9 Å². The molecule has 1 atom stereocenters. The first-order valence-electron chi connectivity index (χ1n) is 7.18. The summed E-state index contributed by atoms with van der Waals surface area (Å²) in [4.78, 5) is 3.72. The SMILES string of the molecule is CC1(NC[C@H](O)c2cncc(F)c2)CCN(S(C)(=O)=O)CC1. The molecule has 6 nitrogen and oxygen atoms in total. The highest BCUT2D eigenvalue weighted by Crippen LogP contribution is 2.24.